The van der Waals surface area contributed by atoms with Crippen LogP contribution in [0.15, 0.2) is 0 Å². The van der Waals surface area contributed by atoms with Crippen LogP contribution in [-0.4, -0.2) is 67.7 Å². The molecule has 136 valence electrons. The van der Waals surface area contributed by atoms with Crippen LogP contribution in [0.5, 0.6) is 0 Å². The van der Waals surface area contributed by atoms with Crippen LogP contribution in [0.3, 0.4) is 0 Å². The van der Waals surface area contributed by atoms with Crippen molar-refractivity contribution in [3.05, 3.63) is 0 Å². The van der Waals surface area contributed by atoms with Gasteiger partial charge in [0.15, 0.2) is 0 Å². The minimum Gasteiger partial charge on any atom is -0.384 e. The molecule has 0 aromatic carbocycles. The molecule has 6 nitrogen and oxygen atoms in total. The summed E-state index contributed by atoms with van der Waals surface area (Å²) in [6.45, 7) is 6.15. The molecule has 1 saturated carbocycles. The second kappa shape index (κ2) is 7.30. The number of rotatable bonds is 4. The average molecular weight is 337 g/mol. The third-order valence-corrected chi connectivity index (χ3v) is 5.81. The van der Waals surface area contributed by atoms with Crippen LogP contribution >= 0.6 is 0 Å². The maximum Gasteiger partial charge on any atom is 0.317 e. The van der Waals surface area contributed by atoms with Gasteiger partial charge in [-0.15, -0.1) is 0 Å². The zero-order valence-electron chi connectivity index (χ0n) is 15.1. The first-order valence-electron chi connectivity index (χ1n) is 9.34. The second-order valence-corrected chi connectivity index (χ2v) is 8.05. The Hall–Kier alpha value is -1.30. The highest BCUT2D eigenvalue weighted by atomic mass is 16.5. The number of hydrogen-bond acceptors (Lipinski definition) is 3. The SMILES string of the molecule is COCC1(C)CCN(C(=O)NC2CCN(C(=O)C3CC3)CC2)CC1. The van der Waals surface area contributed by atoms with E-state index in [1.165, 1.54) is 0 Å². The number of ether oxygens (including phenoxy) is 1. The Morgan fingerprint density at radius 2 is 1.67 bits per heavy atom. The molecule has 2 heterocycles. The Balaban J connectivity index is 1.39. The van der Waals surface area contributed by atoms with E-state index in [9.17, 15) is 9.59 Å². The molecular formula is C18H31N3O3. The van der Waals surface area contributed by atoms with Gasteiger partial charge in [-0.1, -0.05) is 6.92 Å². The van der Waals surface area contributed by atoms with E-state index in [2.05, 4.69) is 12.2 Å². The summed E-state index contributed by atoms with van der Waals surface area (Å²) < 4.78 is 5.30. The highest BCUT2D eigenvalue weighted by Crippen LogP contribution is 2.32. The van der Waals surface area contributed by atoms with Crippen LogP contribution < -0.4 is 5.32 Å². The lowest BCUT2D eigenvalue weighted by Crippen LogP contribution is -2.53. The second-order valence-electron chi connectivity index (χ2n) is 8.05. The molecule has 0 aromatic heterocycles. The standard InChI is InChI=1S/C18H31N3O3/c1-18(13-24-2)7-11-21(12-8-18)17(23)19-15-5-9-20(10-6-15)16(22)14-3-4-14/h14-15H,3-13H2,1-2H3,(H,19,23). The molecule has 2 saturated heterocycles. The lowest BCUT2D eigenvalue weighted by molar-refractivity contribution is -0.133. The third-order valence-electron chi connectivity index (χ3n) is 5.81. The summed E-state index contributed by atoms with van der Waals surface area (Å²) in [5.41, 5.74) is 0.194. The molecule has 1 aliphatic carbocycles. The number of piperidine rings is 2. The molecule has 3 rings (SSSR count). The van der Waals surface area contributed by atoms with Crippen LogP contribution in [0.1, 0.15) is 45.4 Å². The van der Waals surface area contributed by atoms with Gasteiger partial charge in [-0.05, 0) is 43.9 Å². The molecule has 3 fully saturated rings. The van der Waals surface area contributed by atoms with Gasteiger partial charge < -0.3 is 19.9 Å². The molecule has 3 amide bonds. The van der Waals surface area contributed by atoms with Gasteiger partial charge in [0, 0.05) is 45.2 Å². The first-order valence-corrected chi connectivity index (χ1v) is 9.34. The van der Waals surface area contributed by atoms with Crippen molar-refractivity contribution in [2.24, 2.45) is 11.3 Å². The van der Waals surface area contributed by atoms with Gasteiger partial charge in [-0.25, -0.2) is 4.79 Å². The van der Waals surface area contributed by atoms with Gasteiger partial charge in [0.05, 0.1) is 6.61 Å². The van der Waals surface area contributed by atoms with Crippen LogP contribution in [0.25, 0.3) is 0 Å². The Bertz CT molecular complexity index is 462. The van der Waals surface area contributed by atoms with Gasteiger partial charge in [-0.2, -0.15) is 0 Å². The van der Waals surface area contributed by atoms with E-state index in [-0.39, 0.29) is 17.5 Å². The van der Waals surface area contributed by atoms with Crippen molar-refractivity contribution in [3.63, 3.8) is 0 Å². The number of nitrogens with zero attached hydrogens (tertiary/aromatic N) is 2. The van der Waals surface area contributed by atoms with Crippen molar-refractivity contribution in [2.75, 3.05) is 39.9 Å². The molecule has 0 radical (unpaired) electrons. The monoisotopic (exact) mass is 337 g/mol. The molecule has 24 heavy (non-hydrogen) atoms. The maximum atomic E-state index is 12.5. The molecule has 0 spiro atoms. The number of amides is 3. The van der Waals surface area contributed by atoms with Crippen molar-refractivity contribution in [1.82, 2.24) is 15.1 Å². The zero-order chi connectivity index (χ0) is 17.2. The number of urea groups is 1. The predicted molar refractivity (Wildman–Crippen MR) is 91.6 cm³/mol. The Kier molecular flexibility index (Phi) is 5.33. The number of nitrogens with one attached hydrogen (secondary N) is 1. The largest absolute Gasteiger partial charge is 0.384 e. The molecule has 6 heteroatoms. The van der Waals surface area contributed by atoms with Gasteiger partial charge >= 0.3 is 6.03 Å². The topological polar surface area (TPSA) is 61.9 Å². The van der Waals surface area contributed by atoms with Gasteiger partial charge in [-0.3, -0.25) is 4.79 Å². The molecule has 0 atom stereocenters. The van der Waals surface area contributed by atoms with Crippen LogP contribution in [0, 0.1) is 11.3 Å². The Labute approximate surface area is 144 Å². The Morgan fingerprint density at radius 1 is 1.04 bits per heavy atom. The third kappa shape index (κ3) is 4.21. The summed E-state index contributed by atoms with van der Waals surface area (Å²) in [4.78, 5) is 28.5. The normalized spacial score (nSPS) is 24.8. The highest BCUT2D eigenvalue weighted by Gasteiger charge is 2.36. The molecule has 2 aliphatic heterocycles. The van der Waals surface area contributed by atoms with Gasteiger partial charge in [0.25, 0.3) is 0 Å². The highest BCUT2D eigenvalue weighted by molar-refractivity contribution is 5.81. The molecule has 0 aromatic rings. The van der Waals surface area contributed by atoms with E-state index < -0.39 is 0 Å². The van der Waals surface area contributed by atoms with Crippen LogP contribution in [-0.2, 0) is 9.53 Å². The summed E-state index contributed by atoms with van der Waals surface area (Å²) in [7, 11) is 1.74. The van der Waals surface area contributed by atoms with E-state index >= 15 is 0 Å². The van der Waals surface area contributed by atoms with E-state index in [4.69, 9.17) is 4.74 Å². The molecular weight excluding hydrogens is 306 g/mol. The summed E-state index contributed by atoms with van der Waals surface area (Å²) in [5, 5.41) is 3.17. The van der Waals surface area contributed by atoms with Crippen molar-refractivity contribution < 1.29 is 14.3 Å². The number of carbonyl (C=O) groups is 2. The van der Waals surface area contributed by atoms with E-state index in [0.717, 1.165) is 71.3 Å². The summed E-state index contributed by atoms with van der Waals surface area (Å²) >= 11 is 0. The first kappa shape index (κ1) is 17.5. The number of likely N-dealkylation sites (tertiary alicyclic amines) is 2. The lowest BCUT2D eigenvalue weighted by Gasteiger charge is -2.40. The van der Waals surface area contributed by atoms with E-state index in [1.807, 2.05) is 9.80 Å². The van der Waals surface area contributed by atoms with Gasteiger partial charge in [0.1, 0.15) is 0 Å². The number of methoxy groups -OCH3 is 1. The van der Waals surface area contributed by atoms with Gasteiger partial charge in [0.2, 0.25) is 5.91 Å². The molecule has 0 bridgehead atoms. The fourth-order valence-corrected chi connectivity index (χ4v) is 3.84. The van der Waals surface area contributed by atoms with E-state index in [1.54, 1.807) is 7.11 Å². The molecule has 1 N–H and O–H groups in total. The zero-order valence-corrected chi connectivity index (χ0v) is 15.1. The molecule has 3 aliphatic rings. The van der Waals surface area contributed by atoms with Crippen LogP contribution in [0.2, 0.25) is 0 Å². The van der Waals surface area contributed by atoms with Crippen molar-refractivity contribution in [3.8, 4) is 0 Å². The Morgan fingerprint density at radius 3 is 2.21 bits per heavy atom. The maximum absolute atomic E-state index is 12.5. The number of hydrogen-bond donors (Lipinski definition) is 1. The lowest BCUT2D eigenvalue weighted by atomic mass is 9.81. The minimum atomic E-state index is 0.0569. The summed E-state index contributed by atoms with van der Waals surface area (Å²) in [5.74, 6) is 0.624. The summed E-state index contributed by atoms with van der Waals surface area (Å²) in [6.07, 6.45) is 5.85. The smallest absolute Gasteiger partial charge is 0.317 e. The fraction of sp³-hybridized carbons (Fsp3) is 0.889. The molecule has 0 unspecified atom stereocenters. The number of carbonyl (C=O) groups excluding carboxylic acids is 2. The summed E-state index contributed by atoms with van der Waals surface area (Å²) in [6, 6.07) is 0.259. The van der Waals surface area contributed by atoms with Crippen molar-refractivity contribution >= 4 is 11.9 Å². The fourth-order valence-electron chi connectivity index (χ4n) is 3.84. The first-order chi connectivity index (χ1) is 11.5. The minimum absolute atomic E-state index is 0.0569. The van der Waals surface area contributed by atoms with E-state index in [0.29, 0.717) is 11.8 Å². The average Bonchev–Trinajstić information content (AvgIpc) is 3.40. The predicted octanol–water partition coefficient (Wildman–Crippen LogP) is 1.85. The van der Waals surface area contributed by atoms with Crippen LogP contribution in [0.4, 0.5) is 4.79 Å². The van der Waals surface area contributed by atoms with Crippen molar-refractivity contribution in [1.29, 1.82) is 0 Å². The van der Waals surface area contributed by atoms with Crippen molar-refractivity contribution in [2.45, 2.75) is 51.5 Å². The quantitative estimate of drug-likeness (QED) is 0.851.